The Hall–Kier alpha value is -1.29. The number of amides is 1. The monoisotopic (exact) mass is 237 g/mol. The molecule has 1 fully saturated rings. The number of rotatable bonds is 1. The lowest BCUT2D eigenvalue weighted by Gasteiger charge is -2.35. The largest absolute Gasteiger partial charge is 0.466 e. The summed E-state index contributed by atoms with van der Waals surface area (Å²) in [6.45, 7) is 8.95. The van der Waals surface area contributed by atoms with Crippen LogP contribution in [0.15, 0.2) is 10.5 Å². The van der Waals surface area contributed by atoms with Crippen molar-refractivity contribution in [2.75, 3.05) is 13.1 Å². The third kappa shape index (κ3) is 2.52. The second-order valence-electron chi connectivity index (χ2n) is 4.79. The molecule has 0 N–H and O–H groups in total. The molecule has 1 saturated heterocycles. The normalized spacial score (nSPS) is 25.1. The Labute approximate surface area is 102 Å². The number of aryl methyl sites for hydroxylation is 2. The highest BCUT2D eigenvalue weighted by atomic mass is 16.5. The van der Waals surface area contributed by atoms with Crippen LogP contribution in [-0.2, 0) is 4.74 Å². The summed E-state index contributed by atoms with van der Waals surface area (Å²) in [6.07, 6.45) is 0.187. The fourth-order valence-corrected chi connectivity index (χ4v) is 2.36. The Morgan fingerprint density at radius 1 is 1.29 bits per heavy atom. The van der Waals surface area contributed by atoms with Gasteiger partial charge in [0.25, 0.3) is 5.91 Å². The molecular weight excluding hydrogens is 218 g/mol. The number of hydrogen-bond acceptors (Lipinski definition) is 3. The molecule has 1 aliphatic heterocycles. The van der Waals surface area contributed by atoms with Gasteiger partial charge in [-0.2, -0.15) is 0 Å². The number of ether oxygens (including phenoxy) is 1. The van der Waals surface area contributed by atoms with Gasteiger partial charge in [-0.05, 0) is 33.8 Å². The summed E-state index contributed by atoms with van der Waals surface area (Å²) in [5.74, 6) is 1.51. The molecule has 0 unspecified atom stereocenters. The van der Waals surface area contributed by atoms with Crippen LogP contribution in [0.25, 0.3) is 0 Å². The fraction of sp³-hybridized carbons (Fsp3) is 0.615. The molecule has 2 rings (SSSR count). The second-order valence-corrected chi connectivity index (χ2v) is 4.79. The van der Waals surface area contributed by atoms with E-state index in [1.807, 2.05) is 38.7 Å². The van der Waals surface area contributed by atoms with Crippen molar-refractivity contribution in [3.05, 3.63) is 23.2 Å². The Bertz CT molecular complexity index is 414. The van der Waals surface area contributed by atoms with E-state index in [0.717, 1.165) is 5.76 Å². The van der Waals surface area contributed by atoms with Gasteiger partial charge in [-0.25, -0.2) is 0 Å². The Morgan fingerprint density at radius 3 is 2.35 bits per heavy atom. The first-order chi connectivity index (χ1) is 7.97. The van der Waals surface area contributed by atoms with Crippen LogP contribution in [0.5, 0.6) is 0 Å². The van der Waals surface area contributed by atoms with Crippen LogP contribution in [0.1, 0.15) is 35.7 Å². The van der Waals surface area contributed by atoms with Gasteiger partial charge in [-0.1, -0.05) is 0 Å². The molecule has 0 aliphatic carbocycles. The highest BCUT2D eigenvalue weighted by Gasteiger charge is 2.28. The van der Waals surface area contributed by atoms with Crippen LogP contribution in [0.3, 0.4) is 0 Å². The van der Waals surface area contributed by atoms with Crippen LogP contribution in [0.4, 0.5) is 0 Å². The zero-order valence-electron chi connectivity index (χ0n) is 10.8. The predicted octanol–water partition coefficient (Wildman–Crippen LogP) is 2.15. The minimum absolute atomic E-state index is 0.0429. The third-order valence-corrected chi connectivity index (χ3v) is 2.98. The lowest BCUT2D eigenvalue weighted by molar-refractivity contribution is -0.0586. The maximum absolute atomic E-state index is 12.3. The van der Waals surface area contributed by atoms with Gasteiger partial charge in [-0.3, -0.25) is 4.79 Å². The van der Waals surface area contributed by atoms with Crippen molar-refractivity contribution in [1.29, 1.82) is 0 Å². The summed E-state index contributed by atoms with van der Waals surface area (Å²) in [7, 11) is 0. The van der Waals surface area contributed by atoms with Gasteiger partial charge in [-0.15, -0.1) is 0 Å². The van der Waals surface area contributed by atoms with Gasteiger partial charge >= 0.3 is 0 Å². The number of carbonyl (C=O) groups excluding carboxylic acids is 1. The summed E-state index contributed by atoms with van der Waals surface area (Å²) in [5, 5.41) is 0. The van der Waals surface area contributed by atoms with E-state index >= 15 is 0 Å². The standard InChI is InChI=1S/C13H19NO3/c1-8-5-12(11(4)17-8)13(15)14-6-9(2)16-10(3)7-14/h5,9-10H,6-7H2,1-4H3/t9-,10-/m1/s1. The number of carbonyl (C=O) groups is 1. The number of hydrogen-bond donors (Lipinski definition) is 0. The van der Waals surface area contributed by atoms with Gasteiger partial charge in [0.2, 0.25) is 0 Å². The van der Waals surface area contributed by atoms with Gasteiger partial charge in [0.05, 0.1) is 17.8 Å². The maximum atomic E-state index is 12.3. The molecule has 2 heterocycles. The van der Waals surface area contributed by atoms with Crippen LogP contribution >= 0.6 is 0 Å². The molecule has 0 saturated carbocycles. The smallest absolute Gasteiger partial charge is 0.257 e. The molecule has 17 heavy (non-hydrogen) atoms. The molecule has 0 aromatic carbocycles. The average Bonchev–Trinajstić information content (AvgIpc) is 2.55. The van der Waals surface area contributed by atoms with E-state index in [9.17, 15) is 4.79 Å². The zero-order chi connectivity index (χ0) is 12.6. The first-order valence-electron chi connectivity index (χ1n) is 5.99. The highest BCUT2D eigenvalue weighted by Crippen LogP contribution is 2.19. The van der Waals surface area contributed by atoms with Crippen molar-refractivity contribution < 1.29 is 13.9 Å². The van der Waals surface area contributed by atoms with E-state index < -0.39 is 0 Å². The molecule has 1 aromatic heterocycles. The summed E-state index contributed by atoms with van der Waals surface area (Å²) in [6, 6.07) is 1.81. The lowest BCUT2D eigenvalue weighted by Crippen LogP contribution is -2.48. The molecule has 0 spiro atoms. The first-order valence-corrected chi connectivity index (χ1v) is 5.99. The SMILES string of the molecule is Cc1cc(C(=O)N2C[C@@H](C)O[C@H](C)C2)c(C)o1. The molecule has 0 radical (unpaired) electrons. The highest BCUT2D eigenvalue weighted by molar-refractivity contribution is 5.95. The maximum Gasteiger partial charge on any atom is 0.257 e. The van der Waals surface area contributed by atoms with Gasteiger partial charge < -0.3 is 14.1 Å². The van der Waals surface area contributed by atoms with E-state index in [1.165, 1.54) is 0 Å². The van der Waals surface area contributed by atoms with Gasteiger partial charge in [0, 0.05) is 13.1 Å². The van der Waals surface area contributed by atoms with E-state index in [0.29, 0.717) is 24.4 Å². The van der Waals surface area contributed by atoms with Gasteiger partial charge in [0.15, 0.2) is 0 Å². The quantitative estimate of drug-likeness (QED) is 0.751. The Morgan fingerprint density at radius 2 is 1.88 bits per heavy atom. The number of morpholine rings is 1. The third-order valence-electron chi connectivity index (χ3n) is 2.98. The minimum Gasteiger partial charge on any atom is -0.466 e. The molecule has 1 amide bonds. The van der Waals surface area contributed by atoms with Crippen molar-refractivity contribution >= 4 is 5.91 Å². The molecule has 1 aliphatic rings. The van der Waals surface area contributed by atoms with E-state index in [1.54, 1.807) is 0 Å². The summed E-state index contributed by atoms with van der Waals surface area (Å²) in [4.78, 5) is 14.2. The summed E-state index contributed by atoms with van der Waals surface area (Å²) >= 11 is 0. The van der Waals surface area contributed by atoms with Crippen LogP contribution in [0.2, 0.25) is 0 Å². The molecule has 0 bridgehead atoms. The Balaban J connectivity index is 2.17. The van der Waals surface area contributed by atoms with Crippen LogP contribution < -0.4 is 0 Å². The fourth-order valence-electron chi connectivity index (χ4n) is 2.36. The zero-order valence-corrected chi connectivity index (χ0v) is 10.8. The molecular formula is C13H19NO3. The summed E-state index contributed by atoms with van der Waals surface area (Å²) < 4.78 is 11.0. The van der Waals surface area contributed by atoms with E-state index in [2.05, 4.69) is 0 Å². The van der Waals surface area contributed by atoms with Crippen molar-refractivity contribution in [3.63, 3.8) is 0 Å². The second kappa shape index (κ2) is 4.53. The molecule has 4 heteroatoms. The van der Waals surface area contributed by atoms with E-state index in [4.69, 9.17) is 9.15 Å². The number of nitrogens with zero attached hydrogens (tertiary/aromatic N) is 1. The van der Waals surface area contributed by atoms with Crippen LogP contribution in [-0.4, -0.2) is 36.1 Å². The average molecular weight is 237 g/mol. The van der Waals surface area contributed by atoms with Crippen molar-refractivity contribution in [1.82, 2.24) is 4.90 Å². The number of furan rings is 1. The van der Waals surface area contributed by atoms with Crippen molar-refractivity contribution in [2.24, 2.45) is 0 Å². The Kier molecular flexibility index (Phi) is 3.24. The lowest BCUT2D eigenvalue weighted by atomic mass is 10.1. The predicted molar refractivity (Wildman–Crippen MR) is 64.1 cm³/mol. The molecule has 94 valence electrons. The van der Waals surface area contributed by atoms with E-state index in [-0.39, 0.29) is 18.1 Å². The van der Waals surface area contributed by atoms with Gasteiger partial charge in [0.1, 0.15) is 11.5 Å². The van der Waals surface area contributed by atoms with Crippen LogP contribution in [0, 0.1) is 13.8 Å². The molecule has 2 atom stereocenters. The topological polar surface area (TPSA) is 42.7 Å². The first kappa shape index (κ1) is 12.2. The molecule has 1 aromatic rings. The molecule has 4 nitrogen and oxygen atoms in total. The summed E-state index contributed by atoms with van der Waals surface area (Å²) in [5.41, 5.74) is 0.670. The van der Waals surface area contributed by atoms with Crippen molar-refractivity contribution in [3.8, 4) is 0 Å². The minimum atomic E-state index is 0.0429. The van der Waals surface area contributed by atoms with Crippen molar-refractivity contribution in [2.45, 2.75) is 39.9 Å².